The Morgan fingerprint density at radius 2 is 2.09 bits per heavy atom. The Hall–Kier alpha value is -3.75. The van der Waals surface area contributed by atoms with E-state index in [2.05, 4.69) is 10.3 Å². The number of allylic oxidation sites excluding steroid dienone is 2. The number of nitrogens with zero attached hydrogens (tertiary/aromatic N) is 3. The number of anilines is 1. The first-order chi connectivity index (χ1) is 16.5. The number of halogens is 1. The van der Waals surface area contributed by atoms with Gasteiger partial charge in [0.1, 0.15) is 11.8 Å². The second-order valence-corrected chi connectivity index (χ2v) is 8.46. The van der Waals surface area contributed by atoms with Crippen molar-refractivity contribution in [3.8, 4) is 0 Å². The quantitative estimate of drug-likeness (QED) is 0.670. The highest BCUT2D eigenvalue weighted by molar-refractivity contribution is 6.29. The van der Waals surface area contributed by atoms with E-state index in [1.54, 1.807) is 21.9 Å². The highest BCUT2D eigenvalue weighted by Crippen LogP contribution is 2.32. The Kier molecular flexibility index (Phi) is 6.00. The molecule has 0 saturated carbocycles. The van der Waals surface area contributed by atoms with Crippen LogP contribution in [0.3, 0.4) is 0 Å². The van der Waals surface area contributed by atoms with Gasteiger partial charge in [0.05, 0.1) is 30.0 Å². The first-order valence-corrected chi connectivity index (χ1v) is 11.2. The summed E-state index contributed by atoms with van der Waals surface area (Å²) in [4.78, 5) is 45.4. The maximum absolute atomic E-state index is 13.3. The van der Waals surface area contributed by atoms with E-state index in [-0.39, 0.29) is 24.3 Å². The molecule has 0 atom stereocenters. The van der Waals surface area contributed by atoms with Crippen LogP contribution in [-0.2, 0) is 20.9 Å². The first kappa shape index (κ1) is 22.1. The SMILES string of the molecule is O=C(NC1=C2C(=O)N(Cc3cccc(N4CCOCC4=O)c3)C=C2CC=C1)c1ccc(Cl)nc1. The van der Waals surface area contributed by atoms with Crippen LogP contribution in [0.2, 0.25) is 5.15 Å². The molecule has 0 bridgehead atoms. The molecular formula is C25H21ClN4O4. The molecule has 1 aliphatic carbocycles. The number of amides is 3. The van der Waals surface area contributed by atoms with Gasteiger partial charge in [-0.05, 0) is 47.9 Å². The van der Waals surface area contributed by atoms with E-state index in [0.717, 1.165) is 16.8 Å². The van der Waals surface area contributed by atoms with Crippen molar-refractivity contribution in [1.29, 1.82) is 0 Å². The Morgan fingerprint density at radius 3 is 2.88 bits per heavy atom. The van der Waals surface area contributed by atoms with Crippen molar-refractivity contribution in [3.05, 3.63) is 94.1 Å². The van der Waals surface area contributed by atoms with Crippen LogP contribution in [-0.4, -0.2) is 47.4 Å². The van der Waals surface area contributed by atoms with Crippen LogP contribution in [0.1, 0.15) is 22.3 Å². The van der Waals surface area contributed by atoms with E-state index >= 15 is 0 Å². The molecule has 3 heterocycles. The maximum atomic E-state index is 13.3. The Morgan fingerprint density at radius 1 is 1.21 bits per heavy atom. The van der Waals surface area contributed by atoms with Crippen LogP contribution in [0.25, 0.3) is 0 Å². The summed E-state index contributed by atoms with van der Waals surface area (Å²) >= 11 is 5.80. The summed E-state index contributed by atoms with van der Waals surface area (Å²) in [5.74, 6) is -0.635. The molecular weight excluding hydrogens is 456 g/mol. The van der Waals surface area contributed by atoms with Gasteiger partial charge in [-0.15, -0.1) is 0 Å². The molecule has 1 aromatic heterocycles. The number of fused-ring (bicyclic) bond motifs is 1. The molecule has 0 spiro atoms. The van der Waals surface area contributed by atoms with E-state index in [1.165, 1.54) is 12.3 Å². The normalized spacial score (nSPS) is 17.7. The third-order valence-corrected chi connectivity index (χ3v) is 6.02. The highest BCUT2D eigenvalue weighted by Gasteiger charge is 2.32. The molecule has 0 radical (unpaired) electrons. The Balaban J connectivity index is 1.34. The lowest BCUT2D eigenvalue weighted by Gasteiger charge is -2.27. The van der Waals surface area contributed by atoms with Gasteiger partial charge < -0.3 is 19.9 Å². The van der Waals surface area contributed by atoms with Crippen molar-refractivity contribution in [2.45, 2.75) is 13.0 Å². The van der Waals surface area contributed by atoms with Gasteiger partial charge in [-0.25, -0.2) is 4.98 Å². The number of aromatic nitrogens is 1. The third kappa shape index (κ3) is 4.37. The lowest BCUT2D eigenvalue weighted by molar-refractivity contribution is -0.126. The van der Waals surface area contributed by atoms with Crippen LogP contribution in [0.4, 0.5) is 5.69 Å². The second kappa shape index (κ2) is 9.24. The summed E-state index contributed by atoms with van der Waals surface area (Å²) in [5.41, 5.74) is 3.81. The summed E-state index contributed by atoms with van der Waals surface area (Å²) in [7, 11) is 0. The molecule has 3 aliphatic rings. The number of ether oxygens (including phenoxy) is 1. The van der Waals surface area contributed by atoms with Crippen LogP contribution >= 0.6 is 11.6 Å². The molecule has 0 unspecified atom stereocenters. The number of morpholine rings is 1. The van der Waals surface area contributed by atoms with Crippen molar-refractivity contribution >= 4 is 35.0 Å². The smallest absolute Gasteiger partial charge is 0.260 e. The zero-order chi connectivity index (χ0) is 23.7. The molecule has 2 aromatic rings. The van der Waals surface area contributed by atoms with E-state index in [1.807, 2.05) is 36.5 Å². The van der Waals surface area contributed by atoms with Crippen LogP contribution < -0.4 is 10.2 Å². The Labute approximate surface area is 201 Å². The van der Waals surface area contributed by atoms with Gasteiger partial charge in [0.25, 0.3) is 17.7 Å². The van der Waals surface area contributed by atoms with Gasteiger partial charge in [0.15, 0.2) is 0 Å². The number of hydrogen-bond acceptors (Lipinski definition) is 5. The molecule has 2 aliphatic heterocycles. The summed E-state index contributed by atoms with van der Waals surface area (Å²) in [6.07, 6.45) is 7.47. The highest BCUT2D eigenvalue weighted by atomic mass is 35.5. The zero-order valence-corrected chi connectivity index (χ0v) is 18.9. The maximum Gasteiger partial charge on any atom is 0.260 e. The predicted octanol–water partition coefficient (Wildman–Crippen LogP) is 2.97. The van der Waals surface area contributed by atoms with Crippen molar-refractivity contribution < 1.29 is 19.1 Å². The number of carbonyl (C=O) groups excluding carboxylic acids is 3. The number of benzene rings is 1. The van der Waals surface area contributed by atoms with Gasteiger partial charge in [-0.1, -0.05) is 29.8 Å². The topological polar surface area (TPSA) is 91.8 Å². The fourth-order valence-electron chi connectivity index (χ4n) is 4.16. The van der Waals surface area contributed by atoms with Gasteiger partial charge in [0, 0.05) is 24.6 Å². The second-order valence-electron chi connectivity index (χ2n) is 8.07. The monoisotopic (exact) mass is 476 g/mol. The summed E-state index contributed by atoms with van der Waals surface area (Å²) in [6, 6.07) is 10.7. The van der Waals surface area contributed by atoms with Crippen molar-refractivity contribution in [1.82, 2.24) is 15.2 Å². The summed E-state index contributed by atoms with van der Waals surface area (Å²) in [5, 5.41) is 3.12. The standard InChI is InChI=1S/C25H21ClN4O4/c26-21-8-7-17(12-27-21)24(32)28-20-6-2-4-18-14-29(25(33)23(18)20)13-16-3-1-5-19(11-16)30-9-10-34-15-22(30)31/h1-3,5-8,11-12,14H,4,9-10,13,15H2,(H,28,32). The minimum Gasteiger partial charge on any atom is -0.370 e. The third-order valence-electron chi connectivity index (χ3n) is 5.80. The predicted molar refractivity (Wildman–Crippen MR) is 126 cm³/mol. The number of hydrogen-bond donors (Lipinski definition) is 1. The van der Waals surface area contributed by atoms with E-state index in [0.29, 0.717) is 48.1 Å². The van der Waals surface area contributed by atoms with E-state index < -0.39 is 0 Å². The minimum absolute atomic E-state index is 0.0721. The molecule has 8 nitrogen and oxygen atoms in total. The van der Waals surface area contributed by atoms with Crippen LogP contribution in [0.5, 0.6) is 0 Å². The van der Waals surface area contributed by atoms with Crippen molar-refractivity contribution in [3.63, 3.8) is 0 Å². The van der Waals surface area contributed by atoms with Gasteiger partial charge in [0.2, 0.25) is 0 Å². The molecule has 1 N–H and O–H groups in total. The first-order valence-electron chi connectivity index (χ1n) is 10.8. The van der Waals surface area contributed by atoms with Crippen LogP contribution in [0.15, 0.2) is 77.8 Å². The largest absolute Gasteiger partial charge is 0.370 e. The molecule has 9 heteroatoms. The number of rotatable bonds is 5. The average Bonchev–Trinajstić information content (AvgIpc) is 3.16. The molecule has 1 aromatic carbocycles. The van der Waals surface area contributed by atoms with Crippen molar-refractivity contribution in [2.24, 2.45) is 0 Å². The minimum atomic E-state index is -0.369. The number of carbonyl (C=O) groups is 3. The fraction of sp³-hybridized carbons (Fsp3) is 0.200. The van der Waals surface area contributed by atoms with Crippen LogP contribution in [0, 0.1) is 0 Å². The van der Waals surface area contributed by atoms with Gasteiger partial charge in [-0.3, -0.25) is 14.4 Å². The number of nitrogens with one attached hydrogen (secondary N) is 1. The van der Waals surface area contributed by atoms with E-state index in [4.69, 9.17) is 16.3 Å². The Bertz CT molecular complexity index is 1270. The molecule has 172 valence electrons. The summed E-state index contributed by atoms with van der Waals surface area (Å²) < 4.78 is 5.21. The van der Waals surface area contributed by atoms with Crippen molar-refractivity contribution in [2.75, 3.05) is 24.7 Å². The molecule has 3 amide bonds. The van der Waals surface area contributed by atoms with Gasteiger partial charge in [-0.2, -0.15) is 0 Å². The average molecular weight is 477 g/mol. The van der Waals surface area contributed by atoms with Gasteiger partial charge >= 0.3 is 0 Å². The number of pyridine rings is 1. The summed E-state index contributed by atoms with van der Waals surface area (Å²) in [6.45, 7) is 1.41. The fourth-order valence-corrected chi connectivity index (χ4v) is 4.27. The molecule has 5 rings (SSSR count). The lowest BCUT2D eigenvalue weighted by Crippen LogP contribution is -2.41. The van der Waals surface area contributed by atoms with E-state index in [9.17, 15) is 14.4 Å². The molecule has 1 fully saturated rings. The lowest BCUT2D eigenvalue weighted by atomic mass is 9.98. The molecule has 34 heavy (non-hydrogen) atoms. The molecule has 1 saturated heterocycles. The zero-order valence-electron chi connectivity index (χ0n) is 18.2.